The first-order valence-corrected chi connectivity index (χ1v) is 7.39. The fraction of sp³-hybridized carbons (Fsp3) is 0.0588. The van der Waals surface area contributed by atoms with E-state index < -0.39 is 5.91 Å². The minimum atomic E-state index is -0.502. The molecule has 0 bridgehead atoms. The molecule has 0 fully saturated rings. The van der Waals surface area contributed by atoms with Crippen molar-refractivity contribution in [2.75, 3.05) is 5.73 Å². The number of carbonyl (C=O) groups is 1. The van der Waals surface area contributed by atoms with Crippen molar-refractivity contribution in [3.63, 3.8) is 0 Å². The second-order valence-electron chi connectivity index (χ2n) is 5.37. The molecular weight excluding hydrogens is 320 g/mol. The molecule has 8 nitrogen and oxygen atoms in total. The molecule has 0 saturated heterocycles. The molecule has 0 atom stereocenters. The number of anilines is 1. The van der Waals surface area contributed by atoms with E-state index in [9.17, 15) is 4.79 Å². The maximum absolute atomic E-state index is 12.1. The number of nitrogens with two attached hydrogens (primary N) is 2. The van der Waals surface area contributed by atoms with Crippen LogP contribution in [0.3, 0.4) is 0 Å². The van der Waals surface area contributed by atoms with Crippen molar-refractivity contribution < 1.29 is 9.90 Å². The lowest BCUT2D eigenvalue weighted by Crippen LogP contribution is -2.12. The first-order valence-electron chi connectivity index (χ1n) is 7.39. The fourth-order valence-corrected chi connectivity index (χ4v) is 2.38. The van der Waals surface area contributed by atoms with Gasteiger partial charge >= 0.3 is 0 Å². The smallest absolute Gasteiger partial charge is 0.278 e. The molecule has 126 valence electrons. The Hall–Kier alpha value is -3.68. The average Bonchev–Trinajstić information content (AvgIpc) is 2.99. The lowest BCUT2D eigenvalue weighted by molar-refractivity contribution is 0.100. The molecule has 2 heterocycles. The Labute approximate surface area is 143 Å². The summed E-state index contributed by atoms with van der Waals surface area (Å²) in [4.78, 5) is 24.2. The van der Waals surface area contributed by atoms with Crippen LogP contribution in [0.1, 0.15) is 17.3 Å². The molecule has 1 amide bonds. The van der Waals surface area contributed by atoms with E-state index >= 15 is 0 Å². The number of benzene rings is 1. The molecule has 5 N–H and O–H groups in total. The van der Waals surface area contributed by atoms with Crippen LogP contribution in [0.4, 0.5) is 5.82 Å². The number of aliphatic hydroxyl groups excluding tert-OH is 1. The van der Waals surface area contributed by atoms with Crippen molar-refractivity contribution in [1.82, 2.24) is 14.4 Å². The SMILES string of the molecule is C/C(O)=C/C(N)=NC(=O)c1ccc(-c2ncn3ccnc(N)c23)cc1. The lowest BCUT2D eigenvalue weighted by atomic mass is 10.1. The van der Waals surface area contributed by atoms with Crippen molar-refractivity contribution in [2.45, 2.75) is 6.92 Å². The Kier molecular flexibility index (Phi) is 4.17. The summed E-state index contributed by atoms with van der Waals surface area (Å²) in [5, 5.41) is 9.12. The number of aliphatic imine (C=N–C) groups is 1. The molecule has 3 aromatic rings. The number of amidine groups is 1. The lowest BCUT2D eigenvalue weighted by Gasteiger charge is -2.03. The second-order valence-corrected chi connectivity index (χ2v) is 5.37. The van der Waals surface area contributed by atoms with Gasteiger partial charge < -0.3 is 21.0 Å². The van der Waals surface area contributed by atoms with Gasteiger partial charge in [-0.1, -0.05) is 12.1 Å². The van der Waals surface area contributed by atoms with Gasteiger partial charge in [0.2, 0.25) is 0 Å². The predicted molar refractivity (Wildman–Crippen MR) is 95.2 cm³/mol. The molecule has 3 rings (SSSR count). The van der Waals surface area contributed by atoms with Crippen LogP contribution in [0.15, 0.2) is 59.8 Å². The summed E-state index contributed by atoms with van der Waals surface area (Å²) in [6.45, 7) is 1.44. The van der Waals surface area contributed by atoms with Gasteiger partial charge in [0, 0.05) is 29.6 Å². The number of allylic oxidation sites excluding steroid dienone is 1. The summed E-state index contributed by atoms with van der Waals surface area (Å²) in [6.07, 6.45) is 6.21. The Morgan fingerprint density at radius 1 is 1.28 bits per heavy atom. The molecule has 2 aromatic heterocycles. The number of aliphatic hydroxyl groups is 1. The van der Waals surface area contributed by atoms with Gasteiger partial charge in [-0.05, 0) is 19.1 Å². The number of nitrogen functional groups attached to an aromatic ring is 1. The first-order chi connectivity index (χ1) is 12.0. The molecule has 25 heavy (non-hydrogen) atoms. The summed E-state index contributed by atoms with van der Waals surface area (Å²) >= 11 is 0. The van der Waals surface area contributed by atoms with Gasteiger partial charge in [-0.15, -0.1) is 0 Å². The summed E-state index contributed by atoms with van der Waals surface area (Å²) in [7, 11) is 0. The van der Waals surface area contributed by atoms with Gasteiger partial charge in [0.1, 0.15) is 23.5 Å². The highest BCUT2D eigenvalue weighted by Crippen LogP contribution is 2.26. The van der Waals surface area contributed by atoms with E-state index in [0.717, 1.165) is 5.56 Å². The summed E-state index contributed by atoms with van der Waals surface area (Å²) in [5.74, 6) is -0.216. The third-order valence-electron chi connectivity index (χ3n) is 3.47. The maximum Gasteiger partial charge on any atom is 0.278 e. The number of amides is 1. The van der Waals surface area contributed by atoms with E-state index in [4.69, 9.17) is 16.6 Å². The molecule has 1 aromatic carbocycles. The van der Waals surface area contributed by atoms with Gasteiger partial charge in [-0.2, -0.15) is 4.99 Å². The number of aromatic nitrogens is 3. The van der Waals surface area contributed by atoms with Gasteiger partial charge in [0.05, 0.1) is 11.5 Å². The van der Waals surface area contributed by atoms with E-state index in [1.54, 1.807) is 47.4 Å². The van der Waals surface area contributed by atoms with E-state index in [1.807, 2.05) is 0 Å². The van der Waals surface area contributed by atoms with Crippen LogP contribution < -0.4 is 11.5 Å². The van der Waals surface area contributed by atoms with Crippen molar-refractivity contribution in [2.24, 2.45) is 10.7 Å². The number of hydrogen-bond donors (Lipinski definition) is 3. The molecule has 0 saturated carbocycles. The number of fused-ring (bicyclic) bond motifs is 1. The third-order valence-corrected chi connectivity index (χ3v) is 3.47. The zero-order valence-corrected chi connectivity index (χ0v) is 13.4. The van der Waals surface area contributed by atoms with Gasteiger partial charge in [0.15, 0.2) is 0 Å². The highest BCUT2D eigenvalue weighted by atomic mass is 16.3. The van der Waals surface area contributed by atoms with Crippen molar-refractivity contribution in [3.8, 4) is 11.3 Å². The third kappa shape index (κ3) is 3.32. The number of imidazole rings is 1. The van der Waals surface area contributed by atoms with E-state index in [2.05, 4.69) is 15.0 Å². The number of hydrogen-bond acceptors (Lipinski definition) is 5. The zero-order valence-electron chi connectivity index (χ0n) is 13.4. The minimum Gasteiger partial charge on any atom is -0.512 e. The van der Waals surface area contributed by atoms with E-state index in [-0.39, 0.29) is 11.6 Å². The largest absolute Gasteiger partial charge is 0.512 e. The average molecular weight is 336 g/mol. The summed E-state index contributed by atoms with van der Waals surface area (Å²) in [6, 6.07) is 6.76. The Balaban J connectivity index is 1.92. The number of carbonyl (C=O) groups excluding carboxylic acids is 1. The molecule has 0 aliphatic carbocycles. The normalized spacial score (nSPS) is 12.5. The Morgan fingerprint density at radius 3 is 2.68 bits per heavy atom. The predicted octanol–water partition coefficient (Wildman–Crippen LogP) is 1.94. The number of rotatable bonds is 3. The highest BCUT2D eigenvalue weighted by Gasteiger charge is 2.12. The highest BCUT2D eigenvalue weighted by molar-refractivity contribution is 6.06. The molecule has 8 heteroatoms. The quantitative estimate of drug-likeness (QED) is 0.380. The Bertz CT molecular complexity index is 998. The van der Waals surface area contributed by atoms with Crippen molar-refractivity contribution >= 4 is 23.1 Å². The minimum absolute atomic E-state index is 0.0257. The first kappa shape index (κ1) is 16.2. The van der Waals surface area contributed by atoms with Crippen molar-refractivity contribution in [3.05, 3.63) is 60.4 Å². The second kappa shape index (κ2) is 6.44. The summed E-state index contributed by atoms with van der Waals surface area (Å²) in [5.41, 5.74) is 14.0. The van der Waals surface area contributed by atoms with Crippen molar-refractivity contribution in [1.29, 1.82) is 0 Å². The van der Waals surface area contributed by atoms with Crippen LogP contribution in [-0.2, 0) is 0 Å². The molecule has 0 radical (unpaired) electrons. The van der Waals surface area contributed by atoms with Crippen LogP contribution in [0, 0.1) is 0 Å². The standard InChI is InChI=1S/C17H16N6O2/c1-10(24)8-13(18)22-17(25)12-4-2-11(3-5-12)14-15-16(19)20-6-7-23(15)9-21-14/h2-9,24H,1H3,(H2,19,20)(H2,18,22,25)/b10-8-. The molecule has 0 spiro atoms. The van der Waals surface area contributed by atoms with Crippen LogP contribution >= 0.6 is 0 Å². The van der Waals surface area contributed by atoms with Gasteiger partial charge in [-0.3, -0.25) is 4.79 Å². The maximum atomic E-state index is 12.1. The van der Waals surface area contributed by atoms with Gasteiger partial charge in [-0.25, -0.2) is 9.97 Å². The van der Waals surface area contributed by atoms with Crippen LogP contribution in [0.5, 0.6) is 0 Å². The fourth-order valence-electron chi connectivity index (χ4n) is 2.38. The van der Waals surface area contributed by atoms with Crippen LogP contribution in [-0.4, -0.2) is 31.2 Å². The topological polar surface area (TPSA) is 132 Å². The number of nitrogens with zero attached hydrogens (tertiary/aromatic N) is 4. The molecule has 0 aliphatic rings. The van der Waals surface area contributed by atoms with Crippen LogP contribution in [0.25, 0.3) is 16.8 Å². The molecule has 0 aliphatic heterocycles. The monoisotopic (exact) mass is 336 g/mol. The van der Waals surface area contributed by atoms with E-state index in [1.165, 1.54) is 13.0 Å². The molecular formula is C17H16N6O2. The summed E-state index contributed by atoms with van der Waals surface area (Å²) < 4.78 is 1.78. The zero-order chi connectivity index (χ0) is 18.0. The molecule has 0 unspecified atom stereocenters. The Morgan fingerprint density at radius 2 is 2.00 bits per heavy atom. The van der Waals surface area contributed by atoms with Crippen LogP contribution in [0.2, 0.25) is 0 Å². The van der Waals surface area contributed by atoms with E-state index in [0.29, 0.717) is 22.6 Å². The van der Waals surface area contributed by atoms with Gasteiger partial charge in [0.25, 0.3) is 5.91 Å².